The van der Waals surface area contributed by atoms with Crippen molar-refractivity contribution in [1.29, 1.82) is 0 Å². The summed E-state index contributed by atoms with van der Waals surface area (Å²) in [5.74, 6) is 0.599. The van der Waals surface area contributed by atoms with E-state index in [1.165, 1.54) is 16.3 Å². The molecule has 0 atom stereocenters. The van der Waals surface area contributed by atoms with E-state index in [2.05, 4.69) is 161 Å². The lowest BCUT2D eigenvalue weighted by Crippen LogP contribution is -2.11. The highest BCUT2D eigenvalue weighted by Gasteiger charge is 2.22. The number of furan rings is 1. The molecule has 54 heavy (non-hydrogen) atoms. The minimum Gasteiger partial charge on any atom is -0.456 e. The van der Waals surface area contributed by atoms with Gasteiger partial charge in [-0.15, -0.1) is 0 Å². The number of hydrogen-bond donors (Lipinski definition) is 0. The number of para-hydroxylation sites is 3. The Bertz CT molecular complexity index is 3160. The van der Waals surface area contributed by atoms with Crippen molar-refractivity contribution in [3.63, 3.8) is 0 Å². The average Bonchev–Trinajstić information content (AvgIpc) is 3.92. The zero-order chi connectivity index (χ0) is 35.6. The first-order chi connectivity index (χ1) is 26.8. The summed E-state index contributed by atoms with van der Waals surface area (Å²) in [5, 5.41) is 4.40. The zero-order valence-electron chi connectivity index (χ0n) is 29.1. The van der Waals surface area contributed by atoms with Crippen LogP contribution >= 0.6 is 0 Å². The molecule has 0 aliphatic carbocycles. The first kappa shape index (κ1) is 30.3. The van der Waals surface area contributed by atoms with Crippen molar-refractivity contribution in [3.05, 3.63) is 188 Å². The average molecular weight is 694 g/mol. The molecule has 0 fully saturated rings. The Morgan fingerprint density at radius 3 is 1.91 bits per heavy atom. The van der Waals surface area contributed by atoms with Crippen LogP contribution < -0.4 is 4.90 Å². The standard InChI is InChI=1S/C49H31N3O2/c1-4-14-32(15-5-1)37-20-10-12-22-43(37)51(35-25-27-45-40(28-35)38-21-11-13-23-44(38)52(45)34-18-8-3-9-19-34)36-24-26-39-41-30-48-42(31-47(41)53-46(39)29-36)50-49(54-48)33-16-6-2-7-17-33/h1-31H. The summed E-state index contributed by atoms with van der Waals surface area (Å²) in [6.45, 7) is 0. The van der Waals surface area contributed by atoms with E-state index in [0.29, 0.717) is 5.89 Å². The van der Waals surface area contributed by atoms with Gasteiger partial charge in [-0.1, -0.05) is 103 Å². The molecule has 0 N–H and O–H groups in total. The number of hydrogen-bond acceptors (Lipinski definition) is 4. The van der Waals surface area contributed by atoms with Gasteiger partial charge in [-0.25, -0.2) is 4.98 Å². The van der Waals surface area contributed by atoms with Gasteiger partial charge in [-0.2, -0.15) is 0 Å². The maximum atomic E-state index is 6.62. The minimum atomic E-state index is 0.599. The lowest BCUT2D eigenvalue weighted by Gasteiger charge is -2.28. The second-order valence-electron chi connectivity index (χ2n) is 13.6. The van der Waals surface area contributed by atoms with Crippen LogP contribution in [0.3, 0.4) is 0 Å². The highest BCUT2D eigenvalue weighted by atomic mass is 16.4. The number of anilines is 3. The number of fused-ring (bicyclic) bond motifs is 7. The van der Waals surface area contributed by atoms with Gasteiger partial charge in [0.25, 0.3) is 0 Å². The molecule has 11 rings (SSSR count). The molecule has 3 aromatic heterocycles. The number of nitrogens with zero attached hydrogens (tertiary/aromatic N) is 3. The van der Waals surface area contributed by atoms with Gasteiger partial charge in [-0.05, 0) is 78.4 Å². The number of aromatic nitrogens is 2. The smallest absolute Gasteiger partial charge is 0.227 e. The van der Waals surface area contributed by atoms with Gasteiger partial charge in [0, 0.05) is 61.9 Å². The second-order valence-corrected chi connectivity index (χ2v) is 13.6. The van der Waals surface area contributed by atoms with Crippen molar-refractivity contribution >= 4 is 71.9 Å². The van der Waals surface area contributed by atoms with Crippen molar-refractivity contribution in [3.8, 4) is 28.3 Å². The number of benzene rings is 8. The molecule has 3 heterocycles. The number of oxazole rings is 1. The SMILES string of the molecule is c1ccc(-c2nc3cc4oc5cc(N(c6ccc7c(c6)c6ccccc6n7-c6ccccc6)c6ccccc6-c6ccccc6)ccc5c4cc3o2)cc1. The van der Waals surface area contributed by atoms with Crippen LogP contribution in [0.4, 0.5) is 17.1 Å². The fourth-order valence-corrected chi connectivity index (χ4v) is 7.94. The van der Waals surface area contributed by atoms with E-state index >= 15 is 0 Å². The Morgan fingerprint density at radius 2 is 1.07 bits per heavy atom. The highest BCUT2D eigenvalue weighted by molar-refractivity contribution is 6.12. The molecule has 0 saturated heterocycles. The van der Waals surface area contributed by atoms with Gasteiger partial charge in [-0.3, -0.25) is 0 Å². The summed E-state index contributed by atoms with van der Waals surface area (Å²) in [5.41, 5.74) is 12.9. The van der Waals surface area contributed by atoms with Crippen LogP contribution in [0.15, 0.2) is 197 Å². The summed E-state index contributed by atoms with van der Waals surface area (Å²) in [7, 11) is 0. The molecule has 5 nitrogen and oxygen atoms in total. The van der Waals surface area contributed by atoms with Crippen molar-refractivity contribution in [2.75, 3.05) is 4.90 Å². The fraction of sp³-hybridized carbons (Fsp3) is 0. The maximum absolute atomic E-state index is 6.62. The predicted molar refractivity (Wildman–Crippen MR) is 221 cm³/mol. The van der Waals surface area contributed by atoms with Crippen molar-refractivity contribution in [1.82, 2.24) is 9.55 Å². The normalized spacial score (nSPS) is 11.7. The summed E-state index contributed by atoms with van der Waals surface area (Å²) in [4.78, 5) is 7.15. The molecule has 0 aliphatic heterocycles. The summed E-state index contributed by atoms with van der Waals surface area (Å²) in [6, 6.07) is 65.8. The molecule has 0 aliphatic rings. The van der Waals surface area contributed by atoms with Crippen LogP contribution in [0.25, 0.3) is 83.1 Å². The van der Waals surface area contributed by atoms with Crippen LogP contribution in [0.1, 0.15) is 0 Å². The molecule has 0 bridgehead atoms. The van der Waals surface area contributed by atoms with Crippen molar-refractivity contribution in [2.24, 2.45) is 0 Å². The Morgan fingerprint density at radius 1 is 0.426 bits per heavy atom. The summed E-state index contributed by atoms with van der Waals surface area (Å²) >= 11 is 0. The van der Waals surface area contributed by atoms with Crippen LogP contribution in [0.5, 0.6) is 0 Å². The Labute approximate surface area is 310 Å². The maximum Gasteiger partial charge on any atom is 0.227 e. The first-order valence-electron chi connectivity index (χ1n) is 18.1. The van der Waals surface area contributed by atoms with Crippen LogP contribution in [-0.2, 0) is 0 Å². The monoisotopic (exact) mass is 693 g/mol. The van der Waals surface area contributed by atoms with E-state index in [9.17, 15) is 0 Å². The zero-order valence-corrected chi connectivity index (χ0v) is 29.1. The van der Waals surface area contributed by atoms with E-state index in [0.717, 1.165) is 78.0 Å². The third-order valence-electron chi connectivity index (χ3n) is 10.4. The summed E-state index contributed by atoms with van der Waals surface area (Å²) < 4.78 is 15.2. The Balaban J connectivity index is 1.11. The Kier molecular flexibility index (Phi) is 6.79. The van der Waals surface area contributed by atoms with E-state index in [1.54, 1.807) is 0 Å². The van der Waals surface area contributed by atoms with E-state index in [1.807, 2.05) is 36.4 Å². The third kappa shape index (κ3) is 4.83. The first-order valence-corrected chi connectivity index (χ1v) is 18.1. The molecular formula is C49H31N3O2. The molecule has 5 heteroatoms. The van der Waals surface area contributed by atoms with Gasteiger partial charge in [0.1, 0.15) is 16.7 Å². The molecule has 0 spiro atoms. The lowest BCUT2D eigenvalue weighted by atomic mass is 10.0. The van der Waals surface area contributed by atoms with Crippen molar-refractivity contribution in [2.45, 2.75) is 0 Å². The van der Waals surface area contributed by atoms with Crippen LogP contribution in [0, 0.1) is 0 Å². The molecule has 11 aromatic rings. The van der Waals surface area contributed by atoms with Gasteiger partial charge < -0.3 is 18.3 Å². The molecule has 8 aromatic carbocycles. The quantitative estimate of drug-likeness (QED) is 0.174. The Hall–Kier alpha value is -7.37. The number of rotatable bonds is 6. The van der Waals surface area contributed by atoms with Crippen molar-refractivity contribution < 1.29 is 8.83 Å². The fourth-order valence-electron chi connectivity index (χ4n) is 7.94. The molecule has 0 amide bonds. The van der Waals surface area contributed by atoms with Gasteiger partial charge >= 0.3 is 0 Å². The van der Waals surface area contributed by atoms with E-state index in [-0.39, 0.29) is 0 Å². The molecular weight excluding hydrogens is 663 g/mol. The molecule has 0 unspecified atom stereocenters. The van der Waals surface area contributed by atoms with Crippen LogP contribution in [-0.4, -0.2) is 9.55 Å². The van der Waals surface area contributed by atoms with E-state index in [4.69, 9.17) is 13.8 Å². The topological polar surface area (TPSA) is 47.3 Å². The minimum absolute atomic E-state index is 0.599. The van der Waals surface area contributed by atoms with Gasteiger partial charge in [0.2, 0.25) is 5.89 Å². The second kappa shape index (κ2) is 12.1. The van der Waals surface area contributed by atoms with Gasteiger partial charge in [0.15, 0.2) is 5.58 Å². The summed E-state index contributed by atoms with van der Waals surface area (Å²) in [6.07, 6.45) is 0. The highest BCUT2D eigenvalue weighted by Crippen LogP contribution is 2.45. The van der Waals surface area contributed by atoms with Gasteiger partial charge in [0.05, 0.1) is 16.7 Å². The van der Waals surface area contributed by atoms with Crippen LogP contribution in [0.2, 0.25) is 0 Å². The molecule has 0 radical (unpaired) electrons. The molecule has 0 saturated carbocycles. The third-order valence-corrected chi connectivity index (χ3v) is 10.4. The molecule has 254 valence electrons. The largest absolute Gasteiger partial charge is 0.456 e. The predicted octanol–water partition coefficient (Wildman–Crippen LogP) is 13.6. The van der Waals surface area contributed by atoms with E-state index < -0.39 is 0 Å². The lowest BCUT2D eigenvalue weighted by molar-refractivity contribution is 0.620.